The number of halogens is 2. The summed E-state index contributed by atoms with van der Waals surface area (Å²) in [6.45, 7) is 0.492. The minimum atomic E-state index is -3.94. The molecule has 1 aliphatic heterocycles. The molecule has 0 unspecified atom stereocenters. The number of hydrazone groups is 1. The van der Waals surface area contributed by atoms with Gasteiger partial charge in [0.2, 0.25) is 10.0 Å². The van der Waals surface area contributed by atoms with Gasteiger partial charge in [0.25, 0.3) is 0 Å². The van der Waals surface area contributed by atoms with Crippen LogP contribution in [-0.2, 0) is 16.6 Å². The van der Waals surface area contributed by atoms with Gasteiger partial charge in [0.1, 0.15) is 10.6 Å². The molecule has 0 saturated carbocycles. The molecule has 2 aromatic rings. The van der Waals surface area contributed by atoms with E-state index in [1.165, 1.54) is 0 Å². The largest absolute Gasteiger partial charge is 0.497 e. The van der Waals surface area contributed by atoms with E-state index in [4.69, 9.17) is 9.88 Å². The monoisotopic (exact) mass is 551 g/mol. The number of sulfonamides is 1. The highest BCUT2D eigenvalue weighted by Gasteiger charge is 2.27. The Morgan fingerprint density at radius 2 is 1.96 bits per heavy atom. The molecule has 2 aromatic carbocycles. The van der Waals surface area contributed by atoms with Crippen molar-refractivity contribution >= 4 is 54.4 Å². The fourth-order valence-electron chi connectivity index (χ4n) is 2.42. The van der Waals surface area contributed by atoms with E-state index in [1.54, 1.807) is 24.4 Å². The summed E-state index contributed by atoms with van der Waals surface area (Å²) in [4.78, 5) is -0.0104. The fraction of sp³-hybridized carbons (Fsp3) is 0.133. The molecule has 138 valence electrons. The van der Waals surface area contributed by atoms with Crippen LogP contribution < -0.4 is 20.8 Å². The molecule has 0 spiro atoms. The Morgan fingerprint density at radius 1 is 1.27 bits per heavy atom. The van der Waals surface area contributed by atoms with Crippen molar-refractivity contribution in [3.8, 4) is 5.75 Å². The zero-order valence-electron chi connectivity index (χ0n) is 13.5. The summed E-state index contributed by atoms with van der Waals surface area (Å²) in [5.74, 6) is 1.14. The number of hydrazine groups is 2. The maximum atomic E-state index is 12.0. The minimum Gasteiger partial charge on any atom is -0.497 e. The third-order valence-corrected chi connectivity index (χ3v) is 6.42. The zero-order chi connectivity index (χ0) is 18.9. The first-order valence-corrected chi connectivity index (χ1v) is 10.7. The lowest BCUT2D eigenvalue weighted by Crippen LogP contribution is -2.41. The van der Waals surface area contributed by atoms with Gasteiger partial charge >= 0.3 is 0 Å². The van der Waals surface area contributed by atoms with E-state index < -0.39 is 10.0 Å². The van der Waals surface area contributed by atoms with Gasteiger partial charge in [-0.25, -0.2) is 19.1 Å². The molecule has 0 radical (unpaired) electrons. The molecule has 0 saturated heterocycles. The van der Waals surface area contributed by atoms with Gasteiger partial charge in [-0.2, -0.15) is 0 Å². The predicted octanol–water partition coefficient (Wildman–Crippen LogP) is 1.90. The van der Waals surface area contributed by atoms with Gasteiger partial charge < -0.3 is 4.74 Å². The molecule has 0 aromatic heterocycles. The maximum absolute atomic E-state index is 12.0. The minimum absolute atomic E-state index is 0.0104. The molecule has 1 aliphatic rings. The molecule has 0 bridgehead atoms. The Morgan fingerprint density at radius 3 is 2.58 bits per heavy atom. The van der Waals surface area contributed by atoms with E-state index in [1.807, 2.05) is 46.9 Å². The van der Waals surface area contributed by atoms with Crippen molar-refractivity contribution in [3.63, 3.8) is 0 Å². The summed E-state index contributed by atoms with van der Waals surface area (Å²) in [6, 6.07) is 11.0. The normalized spacial score (nSPS) is 14.5. The number of rotatable bonds is 5. The summed E-state index contributed by atoms with van der Waals surface area (Å²) in [7, 11) is -2.33. The van der Waals surface area contributed by atoms with Crippen molar-refractivity contribution in [2.75, 3.05) is 7.11 Å². The van der Waals surface area contributed by atoms with Gasteiger partial charge in [-0.05, 0) is 68.3 Å². The summed E-state index contributed by atoms with van der Waals surface area (Å²) >= 11 is 5.30. The number of nitrogens with zero attached hydrogens (tertiary/aromatic N) is 2. The van der Waals surface area contributed by atoms with Crippen molar-refractivity contribution < 1.29 is 13.2 Å². The quantitative estimate of drug-likeness (QED) is 0.490. The first kappa shape index (κ1) is 19.4. The van der Waals surface area contributed by atoms with Crippen LogP contribution in [-0.4, -0.2) is 26.5 Å². The van der Waals surface area contributed by atoms with Crippen LogP contribution in [0.1, 0.15) is 11.1 Å². The Hall–Kier alpha value is -1.41. The molecule has 8 nitrogen and oxygen atoms in total. The van der Waals surface area contributed by atoms with Gasteiger partial charge in [-0.1, -0.05) is 12.1 Å². The van der Waals surface area contributed by atoms with Crippen LogP contribution in [0.15, 0.2) is 50.9 Å². The van der Waals surface area contributed by atoms with Crippen LogP contribution in [0.2, 0.25) is 0 Å². The first-order valence-electron chi connectivity index (χ1n) is 7.31. The van der Waals surface area contributed by atoms with Crippen molar-refractivity contribution in [2.24, 2.45) is 10.2 Å². The highest BCUT2D eigenvalue weighted by atomic mass is 127. The van der Waals surface area contributed by atoms with Crippen LogP contribution >= 0.6 is 38.5 Å². The van der Waals surface area contributed by atoms with E-state index in [0.717, 1.165) is 11.3 Å². The van der Waals surface area contributed by atoms with E-state index in [2.05, 4.69) is 32.0 Å². The SMILES string of the molecule is COc1ccc(CN2NN=C(c3c(I)ccc(Br)c3S(N)(=O)=O)N2)cc1. The molecule has 0 fully saturated rings. The maximum Gasteiger partial charge on any atom is 0.239 e. The fourth-order valence-corrected chi connectivity index (χ4v) is 5.15. The number of methoxy groups -OCH3 is 1. The Kier molecular flexibility index (Phi) is 5.72. The summed E-state index contributed by atoms with van der Waals surface area (Å²) in [6.07, 6.45) is 0. The number of primary sulfonamides is 1. The smallest absolute Gasteiger partial charge is 0.239 e. The van der Waals surface area contributed by atoms with E-state index in [-0.39, 0.29) is 4.90 Å². The first-order chi connectivity index (χ1) is 12.3. The molecular weight excluding hydrogens is 537 g/mol. The second kappa shape index (κ2) is 7.68. The third-order valence-electron chi connectivity index (χ3n) is 3.60. The van der Waals surface area contributed by atoms with Crippen LogP contribution in [0.5, 0.6) is 5.75 Å². The van der Waals surface area contributed by atoms with Crippen molar-refractivity contribution in [1.82, 2.24) is 16.1 Å². The van der Waals surface area contributed by atoms with E-state index in [0.29, 0.717) is 26.0 Å². The highest BCUT2D eigenvalue weighted by molar-refractivity contribution is 14.1. The van der Waals surface area contributed by atoms with Crippen LogP contribution in [0.25, 0.3) is 0 Å². The number of hydrogen-bond acceptors (Lipinski definition) is 7. The van der Waals surface area contributed by atoms with Crippen molar-refractivity contribution in [1.29, 1.82) is 0 Å². The molecule has 0 aliphatic carbocycles. The molecule has 3 rings (SSSR count). The Bertz CT molecular complexity index is 966. The summed E-state index contributed by atoms with van der Waals surface area (Å²) in [5, 5.41) is 11.2. The van der Waals surface area contributed by atoms with Gasteiger partial charge in [-0.15, -0.1) is 10.2 Å². The van der Waals surface area contributed by atoms with Gasteiger partial charge in [0.15, 0.2) is 5.84 Å². The lowest BCUT2D eigenvalue weighted by atomic mass is 10.2. The second-order valence-corrected chi connectivity index (χ2v) is 8.90. The predicted molar refractivity (Wildman–Crippen MR) is 110 cm³/mol. The molecule has 0 atom stereocenters. The number of ether oxygens (including phenoxy) is 1. The van der Waals surface area contributed by atoms with E-state index >= 15 is 0 Å². The Balaban J connectivity index is 1.84. The average molecular weight is 552 g/mol. The van der Waals surface area contributed by atoms with Gasteiger partial charge in [0, 0.05) is 8.04 Å². The zero-order valence-corrected chi connectivity index (χ0v) is 18.1. The number of nitrogens with one attached hydrogen (secondary N) is 2. The number of benzene rings is 2. The van der Waals surface area contributed by atoms with Gasteiger partial charge in [0.05, 0.1) is 19.2 Å². The Labute approximate surface area is 173 Å². The molecule has 1 heterocycles. The van der Waals surface area contributed by atoms with Crippen molar-refractivity contribution in [2.45, 2.75) is 11.4 Å². The van der Waals surface area contributed by atoms with Crippen LogP contribution in [0.3, 0.4) is 0 Å². The molecule has 0 amide bonds. The highest BCUT2D eigenvalue weighted by Crippen LogP contribution is 2.29. The van der Waals surface area contributed by atoms with Crippen LogP contribution in [0.4, 0.5) is 0 Å². The summed E-state index contributed by atoms with van der Waals surface area (Å²) < 4.78 is 30.3. The lowest BCUT2D eigenvalue weighted by molar-refractivity contribution is 0.170. The molecule has 26 heavy (non-hydrogen) atoms. The number of amidine groups is 1. The standard InChI is InChI=1S/C15H15BrIN5O3S/c1-25-10-4-2-9(3-5-10)8-22-20-15(19-21-22)13-12(17)7-6-11(16)14(13)26(18,23)24/h2-7,21H,8H2,1H3,(H,19,20)(H2,18,23,24). The number of hydrogen-bond donors (Lipinski definition) is 3. The van der Waals surface area contributed by atoms with Gasteiger partial charge in [-0.3, -0.25) is 5.43 Å². The lowest BCUT2D eigenvalue weighted by Gasteiger charge is -2.17. The van der Waals surface area contributed by atoms with E-state index in [9.17, 15) is 8.42 Å². The average Bonchev–Trinajstić information content (AvgIpc) is 3.04. The van der Waals surface area contributed by atoms with Crippen molar-refractivity contribution in [3.05, 3.63) is 55.6 Å². The number of nitrogens with two attached hydrogens (primary N) is 1. The molecule has 11 heteroatoms. The molecule has 4 N–H and O–H groups in total. The summed E-state index contributed by atoms with van der Waals surface area (Å²) in [5.41, 5.74) is 7.31. The topological polar surface area (TPSA) is 109 Å². The molecular formula is C15H15BrIN5O3S. The van der Waals surface area contributed by atoms with Crippen LogP contribution in [0, 0.1) is 3.57 Å². The third kappa shape index (κ3) is 4.11. The second-order valence-electron chi connectivity index (χ2n) is 5.38.